The van der Waals surface area contributed by atoms with Gasteiger partial charge in [-0.3, -0.25) is 9.59 Å². The van der Waals surface area contributed by atoms with Crippen molar-refractivity contribution < 1.29 is 9.59 Å². The van der Waals surface area contributed by atoms with E-state index in [0.29, 0.717) is 18.8 Å². The van der Waals surface area contributed by atoms with Crippen LogP contribution in [0, 0.1) is 5.92 Å². The second-order valence-electron chi connectivity index (χ2n) is 6.83. The number of carbonyl (C=O) groups excluding carboxylic acids is 2. The predicted octanol–water partition coefficient (Wildman–Crippen LogP) is 3.73. The number of hydrogen-bond donors (Lipinski definition) is 1. The van der Waals surface area contributed by atoms with Crippen LogP contribution in [0.2, 0.25) is 0 Å². The van der Waals surface area contributed by atoms with Crippen molar-refractivity contribution in [3.63, 3.8) is 0 Å². The van der Waals surface area contributed by atoms with E-state index in [1.165, 1.54) is 0 Å². The Morgan fingerprint density at radius 2 is 1.74 bits per heavy atom. The van der Waals surface area contributed by atoms with Crippen molar-refractivity contribution >= 4 is 28.4 Å². The third kappa shape index (κ3) is 3.82. The van der Waals surface area contributed by atoms with Crippen molar-refractivity contribution in [3.8, 4) is 0 Å². The highest BCUT2D eigenvalue weighted by Crippen LogP contribution is 2.21. The van der Waals surface area contributed by atoms with Crippen LogP contribution in [0.25, 0.3) is 10.9 Å². The molecule has 1 N–H and O–H groups in total. The number of likely N-dealkylation sites (tertiary alicyclic amines) is 1. The van der Waals surface area contributed by atoms with Gasteiger partial charge in [-0.15, -0.1) is 0 Å². The summed E-state index contributed by atoms with van der Waals surface area (Å²) in [5.74, 6) is -0.355. The van der Waals surface area contributed by atoms with Crippen molar-refractivity contribution in [2.45, 2.75) is 12.8 Å². The standard InChI is InChI=1S/C22H21N3O2/c26-21(23-18-9-2-1-3-10-18)17-8-6-14-25(15-17)22(27)20-13-12-16-7-4-5-11-19(16)24-20/h1-5,7,9-13,17H,6,8,14-15H2,(H,23,26). The molecule has 5 nitrogen and oxygen atoms in total. The van der Waals surface area contributed by atoms with Crippen molar-refractivity contribution in [1.82, 2.24) is 9.88 Å². The van der Waals surface area contributed by atoms with Gasteiger partial charge in [-0.25, -0.2) is 4.98 Å². The number of carbonyl (C=O) groups is 2. The van der Waals surface area contributed by atoms with Crippen LogP contribution in [-0.4, -0.2) is 34.8 Å². The Morgan fingerprint density at radius 3 is 2.59 bits per heavy atom. The molecule has 1 saturated heterocycles. The lowest BCUT2D eigenvalue weighted by atomic mass is 9.96. The fourth-order valence-corrected chi connectivity index (χ4v) is 3.49. The summed E-state index contributed by atoms with van der Waals surface area (Å²) in [5.41, 5.74) is 2.01. The zero-order valence-electron chi connectivity index (χ0n) is 15.0. The maximum atomic E-state index is 12.9. The van der Waals surface area contributed by atoms with Gasteiger partial charge in [0.1, 0.15) is 5.69 Å². The molecular weight excluding hydrogens is 338 g/mol. The molecule has 3 aromatic rings. The first kappa shape index (κ1) is 17.2. The number of rotatable bonds is 3. The first-order valence-electron chi connectivity index (χ1n) is 9.22. The number of anilines is 1. The Bertz CT molecular complexity index is 971. The Morgan fingerprint density at radius 1 is 0.963 bits per heavy atom. The summed E-state index contributed by atoms with van der Waals surface area (Å²) >= 11 is 0. The van der Waals surface area contributed by atoms with Crippen LogP contribution < -0.4 is 5.32 Å². The van der Waals surface area contributed by atoms with E-state index >= 15 is 0 Å². The van der Waals surface area contributed by atoms with Crippen LogP contribution in [0.5, 0.6) is 0 Å². The van der Waals surface area contributed by atoms with Crippen molar-refractivity contribution in [2.75, 3.05) is 18.4 Å². The van der Waals surface area contributed by atoms with Gasteiger partial charge in [-0.1, -0.05) is 42.5 Å². The number of aromatic nitrogens is 1. The molecule has 0 aliphatic carbocycles. The summed E-state index contributed by atoms with van der Waals surface area (Å²) in [6, 6.07) is 20.8. The fourth-order valence-electron chi connectivity index (χ4n) is 3.49. The largest absolute Gasteiger partial charge is 0.337 e. The second kappa shape index (κ2) is 7.58. The van der Waals surface area contributed by atoms with Gasteiger partial charge in [0.25, 0.3) is 5.91 Å². The van der Waals surface area contributed by atoms with Crippen LogP contribution in [0.1, 0.15) is 23.3 Å². The van der Waals surface area contributed by atoms with Crippen LogP contribution in [0.4, 0.5) is 5.69 Å². The highest BCUT2D eigenvalue weighted by Gasteiger charge is 2.29. The minimum Gasteiger partial charge on any atom is -0.337 e. The molecule has 4 rings (SSSR count). The van der Waals surface area contributed by atoms with E-state index in [2.05, 4.69) is 10.3 Å². The lowest BCUT2D eigenvalue weighted by Crippen LogP contribution is -2.44. The Labute approximate surface area is 158 Å². The number of pyridine rings is 1. The third-order valence-electron chi connectivity index (χ3n) is 4.94. The summed E-state index contributed by atoms with van der Waals surface area (Å²) < 4.78 is 0. The second-order valence-corrected chi connectivity index (χ2v) is 6.83. The average molecular weight is 359 g/mol. The molecule has 2 amide bonds. The third-order valence-corrected chi connectivity index (χ3v) is 4.94. The molecule has 1 aliphatic rings. The maximum absolute atomic E-state index is 12.9. The minimum atomic E-state index is -0.205. The van der Waals surface area contributed by atoms with Gasteiger partial charge in [0.15, 0.2) is 0 Å². The lowest BCUT2D eigenvalue weighted by molar-refractivity contribution is -0.121. The Kier molecular flexibility index (Phi) is 4.83. The monoisotopic (exact) mass is 359 g/mol. The quantitative estimate of drug-likeness (QED) is 0.775. The van der Waals surface area contributed by atoms with E-state index in [0.717, 1.165) is 29.4 Å². The van der Waals surface area contributed by atoms with E-state index in [9.17, 15) is 9.59 Å². The van der Waals surface area contributed by atoms with Crippen LogP contribution >= 0.6 is 0 Å². The van der Waals surface area contributed by atoms with E-state index in [-0.39, 0.29) is 17.7 Å². The Hall–Kier alpha value is -3.21. The molecule has 2 heterocycles. The fraction of sp³-hybridized carbons (Fsp3) is 0.227. The number of nitrogens with one attached hydrogen (secondary N) is 1. The SMILES string of the molecule is O=C(Nc1ccccc1)C1CCCN(C(=O)c2ccc3ccccc3n2)C1. The van der Waals surface area contributed by atoms with Gasteiger partial charge < -0.3 is 10.2 Å². The summed E-state index contributed by atoms with van der Waals surface area (Å²) in [5, 5.41) is 3.95. The lowest BCUT2D eigenvalue weighted by Gasteiger charge is -2.31. The summed E-state index contributed by atoms with van der Waals surface area (Å²) in [7, 11) is 0. The number of nitrogens with zero attached hydrogens (tertiary/aromatic N) is 2. The van der Waals surface area contributed by atoms with Gasteiger partial charge in [-0.2, -0.15) is 0 Å². The molecular formula is C22H21N3O2. The van der Waals surface area contributed by atoms with E-state index in [4.69, 9.17) is 0 Å². The number of amides is 2. The van der Waals surface area contributed by atoms with Gasteiger partial charge >= 0.3 is 0 Å². The highest BCUT2D eigenvalue weighted by atomic mass is 16.2. The van der Waals surface area contributed by atoms with E-state index < -0.39 is 0 Å². The number of fused-ring (bicyclic) bond motifs is 1. The summed E-state index contributed by atoms with van der Waals surface area (Å²) in [6.07, 6.45) is 1.60. The zero-order valence-corrected chi connectivity index (χ0v) is 15.0. The molecule has 0 radical (unpaired) electrons. The first-order valence-corrected chi connectivity index (χ1v) is 9.22. The van der Waals surface area contributed by atoms with Crippen LogP contribution in [0.15, 0.2) is 66.7 Å². The van der Waals surface area contributed by atoms with Crippen molar-refractivity contribution in [1.29, 1.82) is 0 Å². The number of piperidine rings is 1. The first-order chi connectivity index (χ1) is 13.2. The summed E-state index contributed by atoms with van der Waals surface area (Å²) in [4.78, 5) is 31.7. The molecule has 1 fully saturated rings. The maximum Gasteiger partial charge on any atom is 0.272 e. The number of hydrogen-bond acceptors (Lipinski definition) is 3. The predicted molar refractivity (Wildman–Crippen MR) is 105 cm³/mol. The van der Waals surface area contributed by atoms with E-state index in [1.807, 2.05) is 60.7 Å². The van der Waals surface area contributed by atoms with Crippen LogP contribution in [-0.2, 0) is 4.79 Å². The smallest absolute Gasteiger partial charge is 0.272 e. The molecule has 0 bridgehead atoms. The highest BCUT2D eigenvalue weighted by molar-refractivity contribution is 5.96. The van der Waals surface area contributed by atoms with Gasteiger partial charge in [-0.05, 0) is 37.1 Å². The molecule has 0 saturated carbocycles. The van der Waals surface area contributed by atoms with Gasteiger partial charge in [0.2, 0.25) is 5.91 Å². The molecule has 1 aliphatic heterocycles. The molecule has 1 aromatic heterocycles. The normalized spacial score (nSPS) is 16.9. The van der Waals surface area contributed by atoms with Gasteiger partial charge in [0, 0.05) is 24.2 Å². The topological polar surface area (TPSA) is 62.3 Å². The van der Waals surface area contributed by atoms with E-state index in [1.54, 1.807) is 11.0 Å². The molecule has 2 aromatic carbocycles. The average Bonchev–Trinajstić information content (AvgIpc) is 2.73. The molecule has 27 heavy (non-hydrogen) atoms. The zero-order chi connectivity index (χ0) is 18.6. The van der Waals surface area contributed by atoms with Crippen molar-refractivity contribution in [2.24, 2.45) is 5.92 Å². The molecule has 5 heteroatoms. The number of benzene rings is 2. The molecule has 1 atom stereocenters. The molecule has 136 valence electrons. The van der Waals surface area contributed by atoms with Gasteiger partial charge in [0.05, 0.1) is 11.4 Å². The van der Waals surface area contributed by atoms with Crippen molar-refractivity contribution in [3.05, 3.63) is 72.4 Å². The Balaban J connectivity index is 1.46. The molecule has 1 unspecified atom stereocenters. The number of para-hydroxylation sites is 2. The van der Waals surface area contributed by atoms with Crippen LogP contribution in [0.3, 0.4) is 0 Å². The summed E-state index contributed by atoms with van der Waals surface area (Å²) in [6.45, 7) is 1.08. The minimum absolute atomic E-state index is 0.0369. The molecule has 0 spiro atoms.